The van der Waals surface area contributed by atoms with Gasteiger partial charge in [-0.1, -0.05) is 12.1 Å². The lowest BCUT2D eigenvalue weighted by molar-refractivity contribution is 0.0947. The summed E-state index contributed by atoms with van der Waals surface area (Å²) in [5.74, 6) is 1.76. The highest BCUT2D eigenvalue weighted by Crippen LogP contribution is 2.16. The monoisotopic (exact) mass is 347 g/mol. The molecule has 2 aromatic rings. The van der Waals surface area contributed by atoms with E-state index in [1.807, 2.05) is 30.3 Å². The normalized spacial score (nSPS) is 11.6. The van der Waals surface area contributed by atoms with E-state index in [-0.39, 0.29) is 5.91 Å². The largest absolute Gasteiger partial charge is 0.497 e. The smallest absolute Gasteiger partial charge is 0.251 e. The second-order valence-electron chi connectivity index (χ2n) is 5.20. The first-order valence-corrected chi connectivity index (χ1v) is 9.25. The number of methoxy groups -OCH3 is 1. The minimum atomic E-state index is -0.929. The zero-order chi connectivity index (χ0) is 17.4. The van der Waals surface area contributed by atoms with Crippen molar-refractivity contribution >= 4 is 16.7 Å². The molecule has 0 aliphatic heterocycles. The fraction of sp³-hybridized carbons (Fsp3) is 0.278. The minimum Gasteiger partial charge on any atom is -0.497 e. The van der Waals surface area contributed by atoms with Gasteiger partial charge in [-0.15, -0.1) is 0 Å². The Hall–Kier alpha value is -2.34. The summed E-state index contributed by atoms with van der Waals surface area (Å²) in [5, 5.41) is 2.81. The SMILES string of the molecule is COc1ccc(OCCNC(=O)c2cccc(CS(C)=O)c2)cc1. The number of ether oxygens (including phenoxy) is 2. The van der Waals surface area contributed by atoms with Crippen LogP contribution in [0.1, 0.15) is 15.9 Å². The summed E-state index contributed by atoms with van der Waals surface area (Å²) in [6.45, 7) is 0.769. The molecule has 0 radical (unpaired) electrons. The van der Waals surface area contributed by atoms with Crippen molar-refractivity contribution < 1.29 is 18.5 Å². The second-order valence-corrected chi connectivity index (χ2v) is 6.63. The number of carbonyl (C=O) groups is 1. The van der Waals surface area contributed by atoms with Gasteiger partial charge >= 0.3 is 0 Å². The third-order valence-corrected chi connectivity index (χ3v) is 4.01. The highest BCUT2D eigenvalue weighted by molar-refractivity contribution is 7.83. The standard InChI is InChI=1S/C18H21NO4S/c1-22-16-6-8-17(9-7-16)23-11-10-19-18(20)15-5-3-4-14(12-15)13-24(2)21/h3-9,12H,10-11,13H2,1-2H3,(H,19,20). The Morgan fingerprint density at radius 3 is 2.50 bits per heavy atom. The van der Waals surface area contributed by atoms with Gasteiger partial charge in [0.1, 0.15) is 18.1 Å². The van der Waals surface area contributed by atoms with Crippen LogP contribution in [0.3, 0.4) is 0 Å². The molecule has 0 aliphatic carbocycles. The molecule has 0 aliphatic rings. The molecule has 0 fully saturated rings. The van der Waals surface area contributed by atoms with E-state index in [9.17, 15) is 9.00 Å². The van der Waals surface area contributed by atoms with Crippen LogP contribution >= 0.6 is 0 Å². The first-order valence-electron chi connectivity index (χ1n) is 7.52. The number of benzene rings is 2. The van der Waals surface area contributed by atoms with Crippen molar-refractivity contribution in [2.75, 3.05) is 26.5 Å². The lowest BCUT2D eigenvalue weighted by atomic mass is 10.1. The Morgan fingerprint density at radius 1 is 1.12 bits per heavy atom. The maximum absolute atomic E-state index is 12.1. The lowest BCUT2D eigenvalue weighted by Crippen LogP contribution is -2.28. The molecule has 1 amide bonds. The van der Waals surface area contributed by atoms with Gasteiger partial charge in [-0.3, -0.25) is 9.00 Å². The van der Waals surface area contributed by atoms with Crippen LogP contribution in [0.4, 0.5) is 0 Å². The van der Waals surface area contributed by atoms with Crippen molar-refractivity contribution in [3.8, 4) is 11.5 Å². The molecule has 0 bridgehead atoms. The highest BCUT2D eigenvalue weighted by atomic mass is 32.2. The number of nitrogens with one attached hydrogen (secondary N) is 1. The molecule has 0 spiro atoms. The summed E-state index contributed by atoms with van der Waals surface area (Å²) < 4.78 is 21.9. The summed E-state index contributed by atoms with van der Waals surface area (Å²) >= 11 is 0. The van der Waals surface area contributed by atoms with Gasteiger partial charge in [0.25, 0.3) is 5.91 Å². The van der Waals surface area contributed by atoms with Crippen LogP contribution in [0.15, 0.2) is 48.5 Å². The van der Waals surface area contributed by atoms with Crippen molar-refractivity contribution in [2.45, 2.75) is 5.75 Å². The van der Waals surface area contributed by atoms with E-state index in [1.165, 1.54) is 0 Å². The van der Waals surface area contributed by atoms with E-state index in [0.717, 1.165) is 17.1 Å². The van der Waals surface area contributed by atoms with Gasteiger partial charge in [0.05, 0.1) is 13.7 Å². The van der Waals surface area contributed by atoms with E-state index in [0.29, 0.717) is 24.5 Å². The molecule has 2 rings (SSSR count). The topological polar surface area (TPSA) is 64.6 Å². The molecule has 1 unspecified atom stereocenters. The molecule has 2 aromatic carbocycles. The molecular formula is C18H21NO4S. The summed E-state index contributed by atoms with van der Waals surface area (Å²) in [5.41, 5.74) is 1.44. The van der Waals surface area contributed by atoms with Crippen LogP contribution in [-0.2, 0) is 16.6 Å². The Morgan fingerprint density at radius 2 is 1.83 bits per heavy atom. The van der Waals surface area contributed by atoms with Gasteiger partial charge in [-0.2, -0.15) is 0 Å². The van der Waals surface area contributed by atoms with Gasteiger partial charge < -0.3 is 14.8 Å². The molecule has 1 N–H and O–H groups in total. The van der Waals surface area contributed by atoms with E-state index in [4.69, 9.17) is 9.47 Å². The summed E-state index contributed by atoms with van der Waals surface area (Å²) in [4.78, 5) is 12.1. The van der Waals surface area contributed by atoms with Crippen molar-refractivity contribution in [1.29, 1.82) is 0 Å². The summed E-state index contributed by atoms with van der Waals surface area (Å²) in [6.07, 6.45) is 1.64. The quantitative estimate of drug-likeness (QED) is 0.745. The number of amides is 1. The molecule has 0 heterocycles. The molecule has 0 saturated heterocycles. The van der Waals surface area contributed by atoms with Gasteiger partial charge in [0, 0.05) is 28.4 Å². The van der Waals surface area contributed by atoms with Crippen molar-refractivity contribution in [2.24, 2.45) is 0 Å². The predicted molar refractivity (Wildman–Crippen MR) is 95.0 cm³/mol. The Kier molecular flexibility index (Phi) is 6.81. The fourth-order valence-corrected chi connectivity index (χ4v) is 2.79. The number of hydrogen-bond donors (Lipinski definition) is 1. The van der Waals surface area contributed by atoms with E-state index >= 15 is 0 Å². The van der Waals surface area contributed by atoms with Crippen LogP contribution in [-0.4, -0.2) is 36.6 Å². The number of carbonyl (C=O) groups excluding carboxylic acids is 1. The lowest BCUT2D eigenvalue weighted by Gasteiger charge is -2.09. The van der Waals surface area contributed by atoms with Gasteiger partial charge in [-0.25, -0.2) is 0 Å². The first kappa shape index (κ1) is 18.0. The van der Waals surface area contributed by atoms with Crippen LogP contribution < -0.4 is 14.8 Å². The minimum absolute atomic E-state index is 0.169. The first-order chi connectivity index (χ1) is 11.6. The van der Waals surface area contributed by atoms with E-state index in [1.54, 1.807) is 31.6 Å². The number of rotatable bonds is 8. The second kappa shape index (κ2) is 9.08. The van der Waals surface area contributed by atoms with Crippen molar-refractivity contribution in [3.63, 3.8) is 0 Å². The van der Waals surface area contributed by atoms with Crippen molar-refractivity contribution in [1.82, 2.24) is 5.32 Å². The summed E-state index contributed by atoms with van der Waals surface area (Å²) in [6, 6.07) is 14.4. The number of hydrogen-bond acceptors (Lipinski definition) is 4. The molecule has 128 valence electrons. The average Bonchev–Trinajstić information content (AvgIpc) is 2.58. The van der Waals surface area contributed by atoms with E-state index in [2.05, 4.69) is 5.32 Å². The Balaban J connectivity index is 1.79. The van der Waals surface area contributed by atoms with Crippen LogP contribution in [0.5, 0.6) is 11.5 Å². The Labute approximate surface area is 144 Å². The van der Waals surface area contributed by atoms with E-state index < -0.39 is 10.8 Å². The molecule has 0 saturated carbocycles. The van der Waals surface area contributed by atoms with Gasteiger partial charge in [-0.05, 0) is 42.0 Å². The van der Waals surface area contributed by atoms with Gasteiger partial charge in [0.2, 0.25) is 0 Å². The zero-order valence-electron chi connectivity index (χ0n) is 13.8. The molecule has 5 nitrogen and oxygen atoms in total. The molecule has 6 heteroatoms. The summed E-state index contributed by atoms with van der Waals surface area (Å²) in [7, 11) is 0.680. The molecule has 24 heavy (non-hydrogen) atoms. The molecular weight excluding hydrogens is 326 g/mol. The van der Waals surface area contributed by atoms with Gasteiger partial charge in [0.15, 0.2) is 0 Å². The zero-order valence-corrected chi connectivity index (χ0v) is 14.6. The van der Waals surface area contributed by atoms with Crippen LogP contribution in [0, 0.1) is 0 Å². The van der Waals surface area contributed by atoms with Crippen molar-refractivity contribution in [3.05, 3.63) is 59.7 Å². The molecule has 1 atom stereocenters. The van der Waals surface area contributed by atoms with Crippen LogP contribution in [0.25, 0.3) is 0 Å². The third-order valence-electron chi connectivity index (χ3n) is 3.27. The maximum Gasteiger partial charge on any atom is 0.251 e. The fourth-order valence-electron chi connectivity index (χ4n) is 2.14. The average molecular weight is 347 g/mol. The highest BCUT2D eigenvalue weighted by Gasteiger charge is 2.06. The molecule has 0 aromatic heterocycles. The maximum atomic E-state index is 12.1. The third kappa shape index (κ3) is 5.70. The predicted octanol–water partition coefficient (Wildman–Crippen LogP) is 2.38. The van der Waals surface area contributed by atoms with Crippen LogP contribution in [0.2, 0.25) is 0 Å². The Bertz CT molecular complexity index is 700.